The molecule has 1 heterocycles. The number of carboxylic acid groups (broad SMARTS) is 1. The number of aromatic nitrogens is 1. The van der Waals surface area contributed by atoms with E-state index in [0.29, 0.717) is 11.8 Å². The van der Waals surface area contributed by atoms with Gasteiger partial charge in [0.1, 0.15) is 6.04 Å². The summed E-state index contributed by atoms with van der Waals surface area (Å²) in [4.78, 5) is 23.2. The smallest absolute Gasteiger partial charge is 0.326 e. The van der Waals surface area contributed by atoms with Crippen LogP contribution in [-0.4, -0.2) is 15.6 Å². The lowest BCUT2D eigenvalue weighted by atomic mass is 10.1. The Bertz CT molecular complexity index is 615. The molecule has 1 N–H and O–H groups in total. The maximum Gasteiger partial charge on any atom is 0.326 e. The number of carboxylic acids is 1. The second-order valence-corrected chi connectivity index (χ2v) is 3.88. The van der Waals surface area contributed by atoms with E-state index in [-0.39, 0.29) is 5.56 Å². The van der Waals surface area contributed by atoms with E-state index in [1.807, 2.05) is 12.1 Å². The Hall–Kier alpha value is -2.10. The van der Waals surface area contributed by atoms with Crippen molar-refractivity contribution in [2.24, 2.45) is 0 Å². The van der Waals surface area contributed by atoms with E-state index in [2.05, 4.69) is 0 Å². The van der Waals surface area contributed by atoms with E-state index >= 15 is 0 Å². The number of rotatable bonds is 3. The molecule has 0 saturated heterocycles. The number of aliphatic carboxylic acids is 1. The van der Waals surface area contributed by atoms with Crippen molar-refractivity contribution in [3.05, 3.63) is 46.9 Å². The Balaban J connectivity index is 2.68. The SMILES string of the molecule is CCC(C(=O)O)n1ccc2ccccc2c1=O. The van der Waals surface area contributed by atoms with E-state index in [4.69, 9.17) is 5.11 Å². The molecule has 1 atom stereocenters. The fourth-order valence-electron chi connectivity index (χ4n) is 1.94. The van der Waals surface area contributed by atoms with Crippen LogP contribution in [0.25, 0.3) is 10.8 Å². The zero-order valence-corrected chi connectivity index (χ0v) is 9.46. The van der Waals surface area contributed by atoms with Crippen LogP contribution in [0, 0.1) is 0 Å². The van der Waals surface area contributed by atoms with Gasteiger partial charge in [-0.25, -0.2) is 4.79 Å². The van der Waals surface area contributed by atoms with Crippen LogP contribution in [0.2, 0.25) is 0 Å². The molecule has 1 unspecified atom stereocenters. The average Bonchev–Trinajstić information content (AvgIpc) is 2.33. The minimum Gasteiger partial charge on any atom is -0.480 e. The van der Waals surface area contributed by atoms with Crippen molar-refractivity contribution >= 4 is 16.7 Å². The first-order valence-electron chi connectivity index (χ1n) is 5.48. The molecule has 0 aliphatic carbocycles. The Morgan fingerprint density at radius 3 is 2.71 bits per heavy atom. The molecule has 2 rings (SSSR count). The summed E-state index contributed by atoms with van der Waals surface area (Å²) in [5.74, 6) is -0.982. The van der Waals surface area contributed by atoms with E-state index in [0.717, 1.165) is 5.39 Å². The molecular formula is C13H13NO3. The standard InChI is InChI=1S/C13H13NO3/c1-2-11(13(16)17)14-8-7-9-5-3-4-6-10(9)12(14)15/h3-8,11H,2H2,1H3,(H,16,17). The largest absolute Gasteiger partial charge is 0.480 e. The number of fused-ring (bicyclic) bond motifs is 1. The summed E-state index contributed by atoms with van der Waals surface area (Å²) in [7, 11) is 0. The molecular weight excluding hydrogens is 218 g/mol. The third-order valence-corrected chi connectivity index (χ3v) is 2.85. The summed E-state index contributed by atoms with van der Waals surface area (Å²) in [6, 6.07) is 8.14. The molecule has 0 aliphatic heterocycles. The van der Waals surface area contributed by atoms with Crippen LogP contribution in [0.15, 0.2) is 41.3 Å². The van der Waals surface area contributed by atoms with Gasteiger partial charge >= 0.3 is 5.97 Å². The number of nitrogens with zero attached hydrogens (tertiary/aromatic N) is 1. The second kappa shape index (κ2) is 4.41. The number of benzene rings is 1. The molecule has 0 aliphatic rings. The van der Waals surface area contributed by atoms with Crippen molar-refractivity contribution < 1.29 is 9.90 Å². The Kier molecular flexibility index (Phi) is 2.95. The van der Waals surface area contributed by atoms with Crippen LogP contribution < -0.4 is 5.56 Å². The summed E-state index contributed by atoms with van der Waals surface area (Å²) < 4.78 is 1.28. The molecule has 88 valence electrons. The Morgan fingerprint density at radius 2 is 2.06 bits per heavy atom. The molecule has 1 aromatic heterocycles. The van der Waals surface area contributed by atoms with Crippen molar-refractivity contribution in [3.8, 4) is 0 Å². The van der Waals surface area contributed by atoms with E-state index < -0.39 is 12.0 Å². The van der Waals surface area contributed by atoms with E-state index in [1.54, 1.807) is 31.3 Å². The number of hydrogen-bond donors (Lipinski definition) is 1. The van der Waals surface area contributed by atoms with Crippen LogP contribution in [0.1, 0.15) is 19.4 Å². The van der Waals surface area contributed by atoms with E-state index in [1.165, 1.54) is 4.57 Å². The van der Waals surface area contributed by atoms with Gasteiger partial charge in [-0.3, -0.25) is 4.79 Å². The number of hydrogen-bond acceptors (Lipinski definition) is 2. The van der Waals surface area contributed by atoms with Gasteiger partial charge in [-0.1, -0.05) is 25.1 Å². The highest BCUT2D eigenvalue weighted by atomic mass is 16.4. The maximum absolute atomic E-state index is 12.1. The van der Waals surface area contributed by atoms with Crippen LogP contribution in [-0.2, 0) is 4.79 Å². The van der Waals surface area contributed by atoms with Crippen LogP contribution in [0.3, 0.4) is 0 Å². The minimum absolute atomic E-state index is 0.252. The summed E-state index contributed by atoms with van der Waals surface area (Å²) in [6.07, 6.45) is 1.93. The first kappa shape index (κ1) is 11.4. The highest BCUT2D eigenvalue weighted by Crippen LogP contribution is 2.13. The quantitative estimate of drug-likeness (QED) is 0.879. The zero-order valence-electron chi connectivity index (χ0n) is 9.46. The van der Waals surface area contributed by atoms with Gasteiger partial charge in [0.25, 0.3) is 5.56 Å². The lowest BCUT2D eigenvalue weighted by molar-refractivity contribution is -0.141. The van der Waals surface area contributed by atoms with Gasteiger partial charge in [0.05, 0.1) is 0 Å². The summed E-state index contributed by atoms with van der Waals surface area (Å²) in [5, 5.41) is 10.4. The van der Waals surface area contributed by atoms with Crippen molar-refractivity contribution in [2.75, 3.05) is 0 Å². The molecule has 0 spiro atoms. The van der Waals surface area contributed by atoms with Crippen LogP contribution in [0.5, 0.6) is 0 Å². The predicted octanol–water partition coefficient (Wildman–Crippen LogP) is 2.04. The van der Waals surface area contributed by atoms with Gasteiger partial charge in [-0.05, 0) is 23.9 Å². The number of carbonyl (C=O) groups is 1. The maximum atomic E-state index is 12.1. The topological polar surface area (TPSA) is 59.3 Å². The third-order valence-electron chi connectivity index (χ3n) is 2.85. The molecule has 1 aromatic carbocycles. The molecule has 4 nitrogen and oxygen atoms in total. The lowest BCUT2D eigenvalue weighted by Crippen LogP contribution is -2.29. The van der Waals surface area contributed by atoms with E-state index in [9.17, 15) is 9.59 Å². The predicted molar refractivity (Wildman–Crippen MR) is 65.2 cm³/mol. The fourth-order valence-corrected chi connectivity index (χ4v) is 1.94. The number of pyridine rings is 1. The van der Waals surface area contributed by atoms with Crippen molar-refractivity contribution in [2.45, 2.75) is 19.4 Å². The van der Waals surface area contributed by atoms with Crippen LogP contribution >= 0.6 is 0 Å². The fraction of sp³-hybridized carbons (Fsp3) is 0.231. The minimum atomic E-state index is -0.982. The van der Waals surface area contributed by atoms with Crippen LogP contribution in [0.4, 0.5) is 0 Å². The zero-order chi connectivity index (χ0) is 12.4. The molecule has 4 heteroatoms. The second-order valence-electron chi connectivity index (χ2n) is 3.88. The van der Waals surface area contributed by atoms with Crippen molar-refractivity contribution in [1.82, 2.24) is 4.57 Å². The van der Waals surface area contributed by atoms with Gasteiger partial charge in [0.2, 0.25) is 0 Å². The normalized spacial score (nSPS) is 12.5. The molecule has 0 amide bonds. The Morgan fingerprint density at radius 1 is 1.35 bits per heavy atom. The summed E-state index contributed by atoms with van der Waals surface area (Å²) >= 11 is 0. The molecule has 0 fully saturated rings. The molecule has 0 bridgehead atoms. The lowest BCUT2D eigenvalue weighted by Gasteiger charge is -2.14. The first-order chi connectivity index (χ1) is 8.15. The van der Waals surface area contributed by atoms with Gasteiger partial charge in [-0.15, -0.1) is 0 Å². The molecule has 2 aromatic rings. The highest BCUT2D eigenvalue weighted by Gasteiger charge is 2.18. The van der Waals surface area contributed by atoms with Gasteiger partial charge in [0, 0.05) is 11.6 Å². The summed E-state index contributed by atoms with van der Waals surface area (Å²) in [6.45, 7) is 1.75. The molecule has 17 heavy (non-hydrogen) atoms. The molecule has 0 radical (unpaired) electrons. The third kappa shape index (κ3) is 1.93. The molecule has 0 saturated carbocycles. The van der Waals surface area contributed by atoms with Gasteiger partial charge < -0.3 is 9.67 Å². The first-order valence-corrected chi connectivity index (χ1v) is 5.48. The average molecular weight is 231 g/mol. The van der Waals surface area contributed by atoms with Crippen molar-refractivity contribution in [1.29, 1.82) is 0 Å². The summed E-state index contributed by atoms with van der Waals surface area (Å²) in [5.41, 5.74) is -0.252. The monoisotopic (exact) mass is 231 g/mol. The van der Waals surface area contributed by atoms with Gasteiger partial charge in [0.15, 0.2) is 0 Å². The van der Waals surface area contributed by atoms with Crippen molar-refractivity contribution in [3.63, 3.8) is 0 Å². The van der Waals surface area contributed by atoms with Gasteiger partial charge in [-0.2, -0.15) is 0 Å². The Labute approximate surface area is 98.1 Å². The highest BCUT2D eigenvalue weighted by molar-refractivity contribution is 5.81.